The summed E-state index contributed by atoms with van der Waals surface area (Å²) in [5.41, 5.74) is 0. The Hall–Kier alpha value is -0.590. The average molecular weight is 260 g/mol. The Balaban J connectivity index is 2.78. The summed E-state index contributed by atoms with van der Waals surface area (Å²) in [5.74, 6) is 0.532. The van der Waals surface area contributed by atoms with E-state index in [4.69, 9.17) is 4.74 Å². The van der Waals surface area contributed by atoms with Gasteiger partial charge >= 0.3 is 5.97 Å². The standard InChI is InChI=1S/C10H16N2O2S2/c1-5-14-10(13)8-9(11-7(2)16-8)15-6-12(3)4/h5-6H2,1-4H3. The molecule has 0 aliphatic rings. The molecule has 0 aliphatic carbocycles. The molecule has 0 radical (unpaired) electrons. The summed E-state index contributed by atoms with van der Waals surface area (Å²) in [5, 5.41) is 1.67. The van der Waals surface area contributed by atoms with Crippen LogP contribution < -0.4 is 0 Å². The highest BCUT2D eigenvalue weighted by Gasteiger charge is 2.18. The summed E-state index contributed by atoms with van der Waals surface area (Å²) in [7, 11) is 3.96. The first-order chi connectivity index (χ1) is 7.54. The normalized spacial score (nSPS) is 10.8. The van der Waals surface area contributed by atoms with Crippen molar-refractivity contribution in [3.8, 4) is 0 Å². The van der Waals surface area contributed by atoms with E-state index in [9.17, 15) is 4.79 Å². The van der Waals surface area contributed by atoms with Crippen LogP contribution in [0.5, 0.6) is 0 Å². The molecule has 1 heterocycles. The van der Waals surface area contributed by atoms with Crippen molar-refractivity contribution < 1.29 is 9.53 Å². The van der Waals surface area contributed by atoms with Gasteiger partial charge in [0.1, 0.15) is 9.90 Å². The lowest BCUT2D eigenvalue weighted by Crippen LogP contribution is -2.10. The summed E-state index contributed by atoms with van der Waals surface area (Å²) < 4.78 is 4.99. The summed E-state index contributed by atoms with van der Waals surface area (Å²) in [6.07, 6.45) is 0. The summed E-state index contributed by atoms with van der Waals surface area (Å²) in [6.45, 7) is 4.10. The summed E-state index contributed by atoms with van der Waals surface area (Å²) in [6, 6.07) is 0. The molecule has 0 atom stereocenters. The van der Waals surface area contributed by atoms with Crippen molar-refractivity contribution in [2.75, 3.05) is 26.6 Å². The molecular formula is C10H16N2O2S2. The van der Waals surface area contributed by atoms with E-state index in [0.717, 1.165) is 15.9 Å². The number of thiazole rings is 1. The zero-order chi connectivity index (χ0) is 12.1. The molecule has 1 aromatic heterocycles. The second kappa shape index (κ2) is 6.22. The Morgan fingerprint density at radius 1 is 1.56 bits per heavy atom. The van der Waals surface area contributed by atoms with Crippen LogP contribution in [0.25, 0.3) is 0 Å². The molecule has 90 valence electrons. The van der Waals surface area contributed by atoms with E-state index in [2.05, 4.69) is 4.98 Å². The zero-order valence-electron chi connectivity index (χ0n) is 9.94. The molecule has 0 spiro atoms. The van der Waals surface area contributed by atoms with Crippen LogP contribution in [0.15, 0.2) is 5.03 Å². The van der Waals surface area contributed by atoms with Gasteiger partial charge in [-0.2, -0.15) is 0 Å². The number of thioether (sulfide) groups is 1. The van der Waals surface area contributed by atoms with Gasteiger partial charge in [0, 0.05) is 0 Å². The van der Waals surface area contributed by atoms with Crippen molar-refractivity contribution in [1.82, 2.24) is 9.88 Å². The molecule has 0 aromatic carbocycles. The first-order valence-electron chi connectivity index (χ1n) is 4.96. The number of aryl methyl sites for hydroxylation is 1. The van der Waals surface area contributed by atoms with Crippen LogP contribution in [0.4, 0.5) is 0 Å². The second-order valence-electron chi connectivity index (χ2n) is 3.44. The molecule has 0 aliphatic heterocycles. The number of hydrogen-bond acceptors (Lipinski definition) is 6. The van der Waals surface area contributed by atoms with E-state index in [-0.39, 0.29) is 5.97 Å². The van der Waals surface area contributed by atoms with Gasteiger partial charge < -0.3 is 4.74 Å². The highest BCUT2D eigenvalue weighted by atomic mass is 32.2. The molecule has 1 aromatic rings. The fraction of sp³-hybridized carbons (Fsp3) is 0.600. The zero-order valence-corrected chi connectivity index (χ0v) is 11.6. The number of hydrogen-bond donors (Lipinski definition) is 0. The molecule has 4 nitrogen and oxygen atoms in total. The Labute approximate surface area is 104 Å². The Morgan fingerprint density at radius 2 is 2.25 bits per heavy atom. The third kappa shape index (κ3) is 3.77. The van der Waals surface area contributed by atoms with E-state index in [1.165, 1.54) is 11.3 Å². The van der Waals surface area contributed by atoms with Crippen molar-refractivity contribution in [2.45, 2.75) is 18.9 Å². The van der Waals surface area contributed by atoms with E-state index >= 15 is 0 Å². The molecule has 0 saturated heterocycles. The molecule has 0 unspecified atom stereocenters. The molecule has 0 bridgehead atoms. The number of nitrogens with zero attached hydrogens (tertiary/aromatic N) is 2. The maximum atomic E-state index is 11.6. The van der Waals surface area contributed by atoms with Crippen LogP contribution in [0.3, 0.4) is 0 Å². The van der Waals surface area contributed by atoms with Gasteiger partial charge in [-0.25, -0.2) is 9.78 Å². The van der Waals surface area contributed by atoms with Gasteiger partial charge in [-0.1, -0.05) is 11.8 Å². The number of rotatable bonds is 5. The highest BCUT2D eigenvalue weighted by Crippen LogP contribution is 2.28. The molecular weight excluding hydrogens is 244 g/mol. The van der Waals surface area contributed by atoms with Crippen molar-refractivity contribution in [3.05, 3.63) is 9.88 Å². The van der Waals surface area contributed by atoms with Gasteiger partial charge in [-0.3, -0.25) is 4.90 Å². The van der Waals surface area contributed by atoms with Crippen molar-refractivity contribution in [3.63, 3.8) is 0 Å². The fourth-order valence-electron chi connectivity index (χ4n) is 1.02. The number of carbonyl (C=O) groups excluding carboxylic acids is 1. The van der Waals surface area contributed by atoms with Crippen LogP contribution in [0.2, 0.25) is 0 Å². The minimum Gasteiger partial charge on any atom is -0.462 e. The largest absolute Gasteiger partial charge is 0.462 e. The number of esters is 1. The molecule has 6 heteroatoms. The maximum absolute atomic E-state index is 11.6. The Bertz CT molecular complexity index is 364. The molecule has 0 N–H and O–H groups in total. The van der Waals surface area contributed by atoms with Gasteiger partial charge in [0.2, 0.25) is 0 Å². The van der Waals surface area contributed by atoms with Gasteiger partial charge in [0.05, 0.1) is 17.5 Å². The lowest BCUT2D eigenvalue weighted by Gasteiger charge is -2.07. The van der Waals surface area contributed by atoms with Gasteiger partial charge in [0.15, 0.2) is 0 Å². The first kappa shape index (κ1) is 13.5. The van der Waals surface area contributed by atoms with Crippen LogP contribution in [0, 0.1) is 6.92 Å². The first-order valence-corrected chi connectivity index (χ1v) is 6.77. The van der Waals surface area contributed by atoms with Crippen LogP contribution >= 0.6 is 23.1 Å². The third-order valence-electron chi connectivity index (χ3n) is 1.62. The Morgan fingerprint density at radius 3 is 2.81 bits per heavy atom. The summed E-state index contributed by atoms with van der Waals surface area (Å²) >= 11 is 2.94. The topological polar surface area (TPSA) is 42.4 Å². The minimum absolute atomic E-state index is 0.269. The SMILES string of the molecule is CCOC(=O)c1sc(C)nc1SCN(C)C. The van der Waals surface area contributed by atoms with Crippen LogP contribution in [0.1, 0.15) is 21.6 Å². The van der Waals surface area contributed by atoms with Gasteiger partial charge in [0.25, 0.3) is 0 Å². The number of aromatic nitrogens is 1. The monoisotopic (exact) mass is 260 g/mol. The lowest BCUT2D eigenvalue weighted by atomic mass is 10.5. The van der Waals surface area contributed by atoms with Crippen molar-refractivity contribution in [1.29, 1.82) is 0 Å². The third-order valence-corrected chi connectivity index (χ3v) is 3.92. The van der Waals surface area contributed by atoms with Crippen molar-refractivity contribution >= 4 is 29.1 Å². The van der Waals surface area contributed by atoms with Crippen molar-refractivity contribution in [2.24, 2.45) is 0 Å². The maximum Gasteiger partial charge on any atom is 0.351 e. The molecule has 0 saturated carbocycles. The Kier molecular flexibility index (Phi) is 5.24. The van der Waals surface area contributed by atoms with E-state index in [1.54, 1.807) is 18.7 Å². The smallest absolute Gasteiger partial charge is 0.351 e. The predicted molar refractivity (Wildman–Crippen MR) is 67.2 cm³/mol. The van der Waals surface area contributed by atoms with Crippen LogP contribution in [-0.4, -0.2) is 42.4 Å². The highest BCUT2D eigenvalue weighted by molar-refractivity contribution is 7.99. The molecule has 1 rings (SSSR count). The van der Waals surface area contributed by atoms with Crippen LogP contribution in [-0.2, 0) is 4.74 Å². The van der Waals surface area contributed by atoms with E-state index in [1.807, 2.05) is 25.9 Å². The summed E-state index contributed by atoms with van der Waals surface area (Å²) in [4.78, 5) is 18.6. The molecule has 0 amide bonds. The number of ether oxygens (including phenoxy) is 1. The van der Waals surface area contributed by atoms with Gasteiger partial charge in [-0.05, 0) is 27.9 Å². The van der Waals surface area contributed by atoms with E-state index in [0.29, 0.717) is 11.5 Å². The fourth-order valence-corrected chi connectivity index (χ4v) is 2.89. The predicted octanol–water partition coefficient (Wildman–Crippen LogP) is 2.24. The minimum atomic E-state index is -0.269. The molecule has 0 fully saturated rings. The quantitative estimate of drug-likeness (QED) is 0.461. The number of carbonyl (C=O) groups is 1. The average Bonchev–Trinajstić information content (AvgIpc) is 2.57. The second-order valence-corrected chi connectivity index (χ2v) is 5.58. The van der Waals surface area contributed by atoms with E-state index < -0.39 is 0 Å². The van der Waals surface area contributed by atoms with Gasteiger partial charge in [-0.15, -0.1) is 11.3 Å². The molecule has 16 heavy (non-hydrogen) atoms. The lowest BCUT2D eigenvalue weighted by molar-refractivity contribution is 0.0528.